The molecule has 0 spiro atoms. The van der Waals surface area contributed by atoms with Gasteiger partial charge in [0.2, 0.25) is 11.8 Å². The number of hydrogen-bond acceptors (Lipinski definition) is 7. The largest absolute Gasteiger partial charge is 0.497 e. The van der Waals surface area contributed by atoms with E-state index in [1.54, 1.807) is 25.3 Å². The SMILES string of the molecule is COc1ccc2c(O[C@@H]3C[C@H]4C(=O)N[C@]5(C(=O)O)C[C@H]5C=CCCCCC[C@H](Nc5cccc(C(F)(F)F)c5)C(=O)N4C3)cc(-c3ccccc3)nc2c1. The number of ether oxygens (including phenoxy) is 2. The molecule has 3 aliphatic rings. The van der Waals surface area contributed by atoms with E-state index in [1.165, 1.54) is 17.0 Å². The van der Waals surface area contributed by atoms with Gasteiger partial charge in [0.25, 0.3) is 0 Å². The van der Waals surface area contributed by atoms with Gasteiger partial charge >= 0.3 is 12.1 Å². The van der Waals surface area contributed by atoms with Crippen molar-refractivity contribution >= 4 is 34.4 Å². The molecule has 282 valence electrons. The third-order valence-corrected chi connectivity index (χ3v) is 10.5. The molecule has 10 nitrogen and oxygen atoms in total. The van der Waals surface area contributed by atoms with Gasteiger partial charge < -0.3 is 30.1 Å². The van der Waals surface area contributed by atoms with Crippen molar-refractivity contribution in [2.45, 2.75) is 74.8 Å². The maximum Gasteiger partial charge on any atom is 0.416 e. The minimum atomic E-state index is -4.58. The van der Waals surface area contributed by atoms with Crippen molar-refractivity contribution in [2.24, 2.45) is 5.92 Å². The molecule has 3 N–H and O–H groups in total. The summed E-state index contributed by atoms with van der Waals surface area (Å²) >= 11 is 0. The quantitative estimate of drug-likeness (QED) is 0.169. The van der Waals surface area contributed by atoms with Gasteiger partial charge in [0.05, 0.1) is 30.4 Å². The highest BCUT2D eigenvalue weighted by atomic mass is 19.4. The normalized spacial score (nSPS) is 24.8. The fourth-order valence-corrected chi connectivity index (χ4v) is 7.47. The number of carboxylic acid groups (broad SMARTS) is 1. The highest BCUT2D eigenvalue weighted by Crippen LogP contribution is 2.45. The molecule has 54 heavy (non-hydrogen) atoms. The third-order valence-electron chi connectivity index (χ3n) is 10.5. The van der Waals surface area contributed by atoms with Crippen LogP contribution in [0.4, 0.5) is 18.9 Å². The Morgan fingerprint density at radius 2 is 1.83 bits per heavy atom. The lowest BCUT2D eigenvalue weighted by Crippen LogP contribution is -2.55. The van der Waals surface area contributed by atoms with Gasteiger partial charge in [0.1, 0.15) is 35.2 Å². The number of amides is 2. The summed E-state index contributed by atoms with van der Waals surface area (Å²) in [6.45, 7) is -0.0261. The van der Waals surface area contributed by atoms with Gasteiger partial charge in [-0.05, 0) is 56.0 Å². The number of benzene rings is 3. The molecule has 0 bridgehead atoms. The molecular formula is C41H41F3N4O6. The minimum absolute atomic E-state index is 0.0261. The Morgan fingerprint density at radius 3 is 2.59 bits per heavy atom. The molecule has 3 heterocycles. The second kappa shape index (κ2) is 15.0. The Labute approximate surface area is 310 Å². The van der Waals surface area contributed by atoms with Crippen LogP contribution < -0.4 is 20.1 Å². The number of methoxy groups -OCH3 is 1. The molecule has 7 rings (SSSR count). The summed E-state index contributed by atoms with van der Waals surface area (Å²) in [4.78, 5) is 47.5. The number of rotatable bonds is 7. The van der Waals surface area contributed by atoms with E-state index in [9.17, 15) is 32.7 Å². The standard InChI is InChI=1S/C41H41F3N4O6/c1-53-29-17-18-31-34(20-29)46-33(25-11-6-5-7-12-25)22-36(31)54-30-21-35-37(49)47-40(39(51)52)23-27(40)13-8-3-2-4-9-16-32(38(50)48(35)24-30)45-28-15-10-14-26(19-28)41(42,43)44/h5-8,10-15,17-20,22,27,30,32,35,45H,2-4,9,16,21,23-24H2,1H3,(H,47,49)(H,51,52)/t27-,30-,32+,35+,40-/m1/s1. The molecule has 1 saturated carbocycles. The van der Waals surface area contributed by atoms with E-state index in [0.29, 0.717) is 47.4 Å². The van der Waals surface area contributed by atoms with E-state index in [0.717, 1.165) is 30.5 Å². The van der Waals surface area contributed by atoms with Crippen LogP contribution in [0.3, 0.4) is 0 Å². The Morgan fingerprint density at radius 1 is 1.02 bits per heavy atom. The topological polar surface area (TPSA) is 130 Å². The van der Waals surface area contributed by atoms with Gasteiger partial charge in [-0.15, -0.1) is 0 Å². The zero-order valence-electron chi connectivity index (χ0n) is 29.6. The molecule has 5 atom stereocenters. The number of carboxylic acids is 1. The lowest BCUT2D eigenvalue weighted by Gasteiger charge is -2.30. The third kappa shape index (κ3) is 7.71. The average Bonchev–Trinajstić information content (AvgIpc) is 3.70. The van der Waals surface area contributed by atoms with Crippen molar-refractivity contribution in [1.82, 2.24) is 15.2 Å². The molecule has 2 aliphatic heterocycles. The number of nitrogens with one attached hydrogen (secondary N) is 2. The second-order valence-electron chi connectivity index (χ2n) is 14.2. The van der Waals surface area contributed by atoms with Crippen molar-refractivity contribution in [3.05, 3.63) is 96.6 Å². The average molecular weight is 743 g/mol. The maximum absolute atomic E-state index is 14.6. The summed E-state index contributed by atoms with van der Waals surface area (Å²) in [5.74, 6) is -1.61. The summed E-state index contributed by atoms with van der Waals surface area (Å²) in [6.07, 6.45) is 1.85. The van der Waals surface area contributed by atoms with Crippen LogP contribution in [0.25, 0.3) is 22.2 Å². The van der Waals surface area contributed by atoms with E-state index in [1.807, 2.05) is 48.6 Å². The van der Waals surface area contributed by atoms with Crippen molar-refractivity contribution in [1.29, 1.82) is 0 Å². The summed E-state index contributed by atoms with van der Waals surface area (Å²) in [7, 11) is 1.56. The van der Waals surface area contributed by atoms with Crippen molar-refractivity contribution in [2.75, 3.05) is 19.0 Å². The van der Waals surface area contributed by atoms with Gasteiger partial charge in [-0.25, -0.2) is 9.78 Å². The van der Waals surface area contributed by atoms with Gasteiger partial charge in [0, 0.05) is 41.1 Å². The Bertz CT molecular complexity index is 2080. The predicted molar refractivity (Wildman–Crippen MR) is 196 cm³/mol. The molecule has 4 aromatic rings. The van der Waals surface area contributed by atoms with Crippen LogP contribution in [0, 0.1) is 5.92 Å². The first-order valence-corrected chi connectivity index (χ1v) is 18.1. The van der Waals surface area contributed by atoms with E-state index >= 15 is 0 Å². The maximum atomic E-state index is 14.6. The summed E-state index contributed by atoms with van der Waals surface area (Å²) in [5, 5.41) is 16.7. The highest BCUT2D eigenvalue weighted by molar-refractivity contribution is 5.96. The van der Waals surface area contributed by atoms with E-state index in [4.69, 9.17) is 14.5 Å². The second-order valence-corrected chi connectivity index (χ2v) is 14.2. The molecular weight excluding hydrogens is 701 g/mol. The van der Waals surface area contributed by atoms with E-state index in [2.05, 4.69) is 10.6 Å². The summed E-state index contributed by atoms with van der Waals surface area (Å²) in [5.41, 5.74) is -0.150. The molecule has 13 heteroatoms. The molecule has 2 amide bonds. The molecule has 0 radical (unpaired) electrons. The van der Waals surface area contributed by atoms with Crippen molar-refractivity contribution in [3.63, 3.8) is 0 Å². The van der Waals surface area contributed by atoms with Gasteiger partial charge in [-0.3, -0.25) is 9.59 Å². The number of fused-ring (bicyclic) bond motifs is 3. The summed E-state index contributed by atoms with van der Waals surface area (Å²) in [6, 6.07) is 19.3. The smallest absolute Gasteiger partial charge is 0.416 e. The van der Waals surface area contributed by atoms with Crippen LogP contribution in [0.2, 0.25) is 0 Å². The molecule has 1 aliphatic carbocycles. The number of allylic oxidation sites excluding steroid dienone is 1. The van der Waals surface area contributed by atoms with Crippen LogP contribution in [0.1, 0.15) is 50.5 Å². The van der Waals surface area contributed by atoms with Crippen LogP contribution >= 0.6 is 0 Å². The van der Waals surface area contributed by atoms with Crippen LogP contribution in [0.5, 0.6) is 11.5 Å². The molecule has 2 fully saturated rings. The number of alkyl halides is 3. The molecule has 1 aromatic heterocycles. The molecule has 3 aromatic carbocycles. The predicted octanol–water partition coefficient (Wildman–Crippen LogP) is 7.24. The number of hydrogen-bond donors (Lipinski definition) is 3. The van der Waals surface area contributed by atoms with Gasteiger partial charge in [-0.1, -0.05) is 61.4 Å². The Balaban J connectivity index is 1.24. The lowest BCUT2D eigenvalue weighted by atomic mass is 10.0. The zero-order chi connectivity index (χ0) is 38.0. The van der Waals surface area contributed by atoms with Gasteiger partial charge in [-0.2, -0.15) is 13.2 Å². The monoisotopic (exact) mass is 742 g/mol. The zero-order valence-corrected chi connectivity index (χ0v) is 29.6. The van der Waals surface area contributed by atoms with Gasteiger partial charge in [0.15, 0.2) is 0 Å². The number of aliphatic carboxylic acids is 1. The first kappa shape index (κ1) is 36.8. The van der Waals surface area contributed by atoms with Crippen LogP contribution in [0.15, 0.2) is 91.0 Å². The summed E-state index contributed by atoms with van der Waals surface area (Å²) < 4.78 is 53.0. The van der Waals surface area contributed by atoms with Crippen LogP contribution in [-0.4, -0.2) is 70.2 Å². The number of halogens is 3. The highest BCUT2D eigenvalue weighted by Gasteiger charge is 2.61. The fourth-order valence-electron chi connectivity index (χ4n) is 7.47. The van der Waals surface area contributed by atoms with Crippen molar-refractivity contribution in [3.8, 4) is 22.8 Å². The Hall–Kier alpha value is -5.59. The number of anilines is 1. The Kier molecular flexibility index (Phi) is 10.2. The first-order valence-electron chi connectivity index (χ1n) is 18.1. The lowest BCUT2D eigenvalue weighted by molar-refractivity contribution is -0.145. The van der Waals surface area contributed by atoms with Crippen molar-refractivity contribution < 1.29 is 42.1 Å². The number of aromatic nitrogens is 1. The molecule has 0 unspecified atom stereocenters. The number of pyridine rings is 1. The number of carbonyl (C=O) groups excluding carboxylic acids is 2. The molecule has 1 saturated heterocycles. The number of nitrogens with zero attached hydrogens (tertiary/aromatic N) is 2. The number of carbonyl (C=O) groups is 3. The van der Waals surface area contributed by atoms with Crippen LogP contribution in [-0.2, 0) is 20.6 Å². The fraction of sp³-hybridized carbons (Fsp3) is 0.366. The minimum Gasteiger partial charge on any atom is -0.497 e. The van der Waals surface area contributed by atoms with E-state index in [-0.39, 0.29) is 25.1 Å². The first-order chi connectivity index (χ1) is 25.9. The van der Waals surface area contributed by atoms with E-state index < -0.39 is 59.2 Å².